The highest BCUT2D eigenvalue weighted by atomic mass is 32.2. The second-order valence-electron chi connectivity index (χ2n) is 7.85. The fourth-order valence-electron chi connectivity index (χ4n) is 3.89. The van der Waals surface area contributed by atoms with Gasteiger partial charge < -0.3 is 10.1 Å². The van der Waals surface area contributed by atoms with E-state index in [2.05, 4.69) is 5.32 Å². The number of amides is 1. The van der Waals surface area contributed by atoms with Crippen LogP contribution in [0.2, 0.25) is 0 Å². The quantitative estimate of drug-likeness (QED) is 0.403. The van der Waals surface area contributed by atoms with E-state index >= 15 is 0 Å². The van der Waals surface area contributed by atoms with E-state index < -0.39 is 14.9 Å². The van der Waals surface area contributed by atoms with E-state index in [1.165, 1.54) is 35.7 Å². The number of non-ortho nitro benzene ring substituents is 1. The van der Waals surface area contributed by atoms with Gasteiger partial charge in [0.05, 0.1) is 29.0 Å². The zero-order valence-corrected chi connectivity index (χ0v) is 19.2. The first-order valence-electron chi connectivity index (χ1n) is 10.6. The van der Waals surface area contributed by atoms with Gasteiger partial charge in [0.15, 0.2) is 0 Å². The van der Waals surface area contributed by atoms with Gasteiger partial charge in [0.25, 0.3) is 15.7 Å². The molecule has 0 atom stereocenters. The topological polar surface area (TPSA) is 119 Å². The molecule has 0 saturated carbocycles. The van der Waals surface area contributed by atoms with Gasteiger partial charge in [-0.1, -0.05) is 12.1 Å². The van der Waals surface area contributed by atoms with Crippen LogP contribution in [0, 0.1) is 10.1 Å². The molecular weight excluding hydrogens is 458 g/mol. The number of sulfonamides is 1. The highest BCUT2D eigenvalue weighted by Gasteiger charge is 2.29. The number of hydrogen-bond donors (Lipinski definition) is 1. The summed E-state index contributed by atoms with van der Waals surface area (Å²) >= 11 is 0. The Morgan fingerprint density at radius 2 is 1.79 bits per heavy atom. The lowest BCUT2D eigenvalue weighted by Gasteiger charge is -2.31. The number of nitro benzene ring substituents is 1. The van der Waals surface area contributed by atoms with Crippen molar-refractivity contribution in [1.82, 2.24) is 0 Å². The third-order valence-electron chi connectivity index (χ3n) is 5.60. The molecule has 0 fully saturated rings. The number of methoxy groups -OCH3 is 1. The highest BCUT2D eigenvalue weighted by molar-refractivity contribution is 7.92. The molecule has 34 heavy (non-hydrogen) atoms. The van der Waals surface area contributed by atoms with E-state index in [1.807, 2.05) is 0 Å². The molecule has 4 rings (SSSR count). The van der Waals surface area contributed by atoms with Crippen molar-refractivity contribution in [2.45, 2.75) is 24.2 Å². The first-order valence-corrected chi connectivity index (χ1v) is 12.0. The van der Waals surface area contributed by atoms with Crippen molar-refractivity contribution in [3.05, 3.63) is 88.0 Å². The molecule has 1 N–H and O–H groups in total. The maximum Gasteiger partial charge on any atom is 0.269 e. The minimum absolute atomic E-state index is 0.0343. The molecule has 3 aromatic rings. The average molecular weight is 482 g/mol. The Labute approximate surface area is 197 Å². The summed E-state index contributed by atoms with van der Waals surface area (Å²) < 4.78 is 33.0. The van der Waals surface area contributed by atoms with Gasteiger partial charge in [-0.05, 0) is 66.4 Å². The van der Waals surface area contributed by atoms with E-state index in [-0.39, 0.29) is 22.9 Å². The van der Waals surface area contributed by atoms with Crippen molar-refractivity contribution >= 4 is 33.0 Å². The van der Waals surface area contributed by atoms with Gasteiger partial charge in [-0.25, -0.2) is 8.42 Å². The Bertz CT molecular complexity index is 1320. The normalized spacial score (nSPS) is 13.1. The van der Waals surface area contributed by atoms with Crippen LogP contribution in [0.25, 0.3) is 0 Å². The Morgan fingerprint density at radius 1 is 1.09 bits per heavy atom. The van der Waals surface area contributed by atoms with Crippen molar-refractivity contribution in [3.8, 4) is 5.75 Å². The predicted octanol–water partition coefficient (Wildman–Crippen LogP) is 3.93. The van der Waals surface area contributed by atoms with E-state index in [9.17, 15) is 23.3 Å². The van der Waals surface area contributed by atoms with Crippen LogP contribution < -0.4 is 14.4 Å². The molecule has 0 bridgehead atoms. The van der Waals surface area contributed by atoms with Crippen LogP contribution in [0.3, 0.4) is 0 Å². The highest BCUT2D eigenvalue weighted by Crippen LogP contribution is 2.34. The summed E-state index contributed by atoms with van der Waals surface area (Å²) in [5.74, 6) is 0.305. The molecule has 176 valence electrons. The van der Waals surface area contributed by atoms with Crippen molar-refractivity contribution in [2.75, 3.05) is 23.3 Å². The fourth-order valence-corrected chi connectivity index (χ4v) is 5.43. The van der Waals surface area contributed by atoms with Crippen LogP contribution in [-0.2, 0) is 27.7 Å². The number of benzene rings is 3. The Balaban J connectivity index is 1.50. The summed E-state index contributed by atoms with van der Waals surface area (Å²) in [4.78, 5) is 22.9. The van der Waals surface area contributed by atoms with Crippen LogP contribution in [0.1, 0.15) is 17.5 Å². The lowest BCUT2D eigenvalue weighted by molar-refractivity contribution is -0.384. The molecule has 0 radical (unpaired) electrons. The molecule has 0 unspecified atom stereocenters. The SMILES string of the molecule is COc1ccc(S(=O)(=O)N2CCCc3cc(NC(=O)Cc4ccc([N+](=O)[O-])cc4)ccc32)cc1. The second-order valence-corrected chi connectivity index (χ2v) is 9.71. The number of ether oxygens (including phenoxy) is 1. The van der Waals surface area contributed by atoms with Crippen LogP contribution in [0.15, 0.2) is 71.6 Å². The minimum atomic E-state index is -3.74. The standard InChI is InChI=1S/C24H23N3O6S/c1-33-21-9-11-22(12-10-21)34(31,32)26-14-2-3-18-16-19(6-13-23(18)26)25-24(28)15-17-4-7-20(8-5-17)27(29)30/h4-13,16H,2-3,14-15H2,1H3,(H,25,28). The lowest BCUT2D eigenvalue weighted by atomic mass is 10.0. The summed E-state index contributed by atoms with van der Waals surface area (Å²) in [6.45, 7) is 0.368. The van der Waals surface area contributed by atoms with Gasteiger partial charge in [-0.3, -0.25) is 19.2 Å². The molecular formula is C24H23N3O6S. The third kappa shape index (κ3) is 4.86. The molecule has 0 saturated heterocycles. The van der Waals surface area contributed by atoms with Crippen molar-refractivity contribution in [3.63, 3.8) is 0 Å². The predicted molar refractivity (Wildman–Crippen MR) is 128 cm³/mol. The largest absolute Gasteiger partial charge is 0.497 e. The Kier molecular flexibility index (Phi) is 6.51. The fraction of sp³-hybridized carbons (Fsp3) is 0.208. The van der Waals surface area contributed by atoms with Gasteiger partial charge in [0.2, 0.25) is 5.91 Å². The third-order valence-corrected chi connectivity index (χ3v) is 7.43. The molecule has 0 spiro atoms. The summed E-state index contributed by atoms with van der Waals surface area (Å²) in [7, 11) is -2.22. The first-order chi connectivity index (χ1) is 16.3. The molecule has 10 heteroatoms. The first kappa shape index (κ1) is 23.2. The molecule has 0 aliphatic carbocycles. The Hall–Kier alpha value is -3.92. The van der Waals surface area contributed by atoms with Crippen molar-refractivity contribution in [1.29, 1.82) is 0 Å². The summed E-state index contributed by atoms with van der Waals surface area (Å²) in [6, 6.07) is 17.3. The zero-order chi connectivity index (χ0) is 24.3. The summed E-state index contributed by atoms with van der Waals surface area (Å²) in [5, 5.41) is 13.6. The molecule has 9 nitrogen and oxygen atoms in total. The van der Waals surface area contributed by atoms with Crippen molar-refractivity contribution < 1.29 is 22.9 Å². The Morgan fingerprint density at radius 3 is 2.44 bits per heavy atom. The number of carbonyl (C=O) groups is 1. The number of rotatable bonds is 7. The number of hydrogen-bond acceptors (Lipinski definition) is 6. The number of aryl methyl sites for hydroxylation is 1. The second kappa shape index (κ2) is 9.52. The van der Waals surface area contributed by atoms with Crippen LogP contribution in [0.4, 0.5) is 17.1 Å². The number of nitrogens with zero attached hydrogens (tertiary/aromatic N) is 2. The number of fused-ring (bicyclic) bond motifs is 1. The number of anilines is 2. The van der Waals surface area contributed by atoms with Gasteiger partial charge >= 0.3 is 0 Å². The summed E-state index contributed by atoms with van der Waals surface area (Å²) in [6.07, 6.45) is 1.41. The number of nitrogens with one attached hydrogen (secondary N) is 1. The maximum atomic E-state index is 13.3. The smallest absolute Gasteiger partial charge is 0.269 e. The monoisotopic (exact) mass is 481 g/mol. The van der Waals surface area contributed by atoms with Gasteiger partial charge in [0, 0.05) is 24.4 Å². The van der Waals surface area contributed by atoms with Crippen molar-refractivity contribution in [2.24, 2.45) is 0 Å². The van der Waals surface area contributed by atoms with Gasteiger partial charge in [-0.2, -0.15) is 0 Å². The average Bonchev–Trinajstić information content (AvgIpc) is 2.83. The van der Waals surface area contributed by atoms with E-state index in [0.717, 1.165) is 5.56 Å². The summed E-state index contributed by atoms with van der Waals surface area (Å²) in [5.41, 5.74) is 2.60. The number of nitro groups is 1. The number of carbonyl (C=O) groups excluding carboxylic acids is 1. The van der Waals surface area contributed by atoms with Crippen LogP contribution >= 0.6 is 0 Å². The van der Waals surface area contributed by atoms with E-state index in [4.69, 9.17) is 4.74 Å². The molecule has 1 aliphatic heterocycles. The van der Waals surface area contributed by atoms with Crippen LogP contribution in [0.5, 0.6) is 5.75 Å². The minimum Gasteiger partial charge on any atom is -0.497 e. The van der Waals surface area contributed by atoms with Crippen LogP contribution in [-0.4, -0.2) is 32.9 Å². The molecule has 0 aromatic heterocycles. The molecule has 3 aromatic carbocycles. The molecule has 1 aliphatic rings. The van der Waals surface area contributed by atoms with Gasteiger partial charge in [0.1, 0.15) is 5.75 Å². The van der Waals surface area contributed by atoms with Gasteiger partial charge in [-0.15, -0.1) is 0 Å². The lowest BCUT2D eigenvalue weighted by Crippen LogP contribution is -2.35. The van der Waals surface area contributed by atoms with E-state index in [1.54, 1.807) is 42.5 Å². The maximum absolute atomic E-state index is 13.3. The zero-order valence-electron chi connectivity index (χ0n) is 18.4. The molecule has 1 heterocycles. The van der Waals surface area contributed by atoms with E-state index in [0.29, 0.717) is 42.1 Å². The molecule has 1 amide bonds.